The van der Waals surface area contributed by atoms with Gasteiger partial charge in [0.1, 0.15) is 0 Å². The first-order valence-electron chi connectivity index (χ1n) is 6.11. The molecule has 0 bridgehead atoms. The monoisotopic (exact) mass is 312 g/mol. The number of anilines is 1. The second-order valence-electron chi connectivity index (χ2n) is 5.05. The molecular weight excluding hydrogens is 292 g/mol. The van der Waals surface area contributed by atoms with Gasteiger partial charge >= 0.3 is 0 Å². The molecule has 4 heteroatoms. The third kappa shape index (κ3) is 3.56. The van der Waals surface area contributed by atoms with Crippen molar-refractivity contribution < 1.29 is 4.79 Å². The third-order valence-corrected chi connectivity index (χ3v) is 3.48. The number of amides is 1. The molecule has 0 fully saturated rings. The van der Waals surface area contributed by atoms with E-state index in [1.807, 2.05) is 40.7 Å². The number of nitrogens with one attached hydrogen (secondary N) is 2. The van der Waals surface area contributed by atoms with Crippen molar-refractivity contribution in [2.24, 2.45) is 0 Å². The predicted octanol–water partition coefficient (Wildman–Crippen LogP) is 3.39. The molecule has 0 unspecified atom stereocenters. The summed E-state index contributed by atoms with van der Waals surface area (Å²) in [5, 5.41) is 6.15. The summed E-state index contributed by atoms with van der Waals surface area (Å²) < 4.78 is 0.917. The Morgan fingerprint density at radius 1 is 1.33 bits per heavy atom. The Bertz CT molecular complexity index is 432. The van der Waals surface area contributed by atoms with Gasteiger partial charge in [-0.1, -0.05) is 13.0 Å². The van der Waals surface area contributed by atoms with Gasteiger partial charge in [0.05, 0.1) is 11.2 Å². The molecule has 0 spiro atoms. The number of hydrogen-bond donors (Lipinski definition) is 2. The Hall–Kier alpha value is -0.870. The summed E-state index contributed by atoms with van der Waals surface area (Å²) in [4.78, 5) is 12.2. The number of likely N-dealkylation sites (N-methyl/N-ethyl adjacent to an activating group) is 1. The highest BCUT2D eigenvalue weighted by Gasteiger charge is 2.27. The molecule has 18 heavy (non-hydrogen) atoms. The topological polar surface area (TPSA) is 41.1 Å². The molecule has 0 radical (unpaired) electrons. The third-order valence-electron chi connectivity index (χ3n) is 2.86. The van der Waals surface area contributed by atoms with Gasteiger partial charge in [0.2, 0.25) is 5.91 Å². The molecular formula is C14H21BrN2O. The Labute approximate surface area is 117 Å². The highest BCUT2D eigenvalue weighted by molar-refractivity contribution is 9.10. The zero-order valence-corrected chi connectivity index (χ0v) is 13.2. The zero-order valence-electron chi connectivity index (χ0n) is 11.6. The van der Waals surface area contributed by atoms with E-state index < -0.39 is 5.54 Å². The highest BCUT2D eigenvalue weighted by atomic mass is 79.9. The molecule has 3 nitrogen and oxygen atoms in total. The molecule has 0 aliphatic carbocycles. The van der Waals surface area contributed by atoms with Crippen molar-refractivity contribution in [2.45, 2.75) is 40.2 Å². The van der Waals surface area contributed by atoms with Gasteiger partial charge in [0.25, 0.3) is 0 Å². The lowest BCUT2D eigenvalue weighted by Gasteiger charge is -2.25. The minimum atomic E-state index is -0.578. The maximum atomic E-state index is 12.2. The van der Waals surface area contributed by atoms with Crippen molar-refractivity contribution in [1.29, 1.82) is 0 Å². The van der Waals surface area contributed by atoms with Crippen molar-refractivity contribution in [3.05, 3.63) is 27.7 Å². The van der Waals surface area contributed by atoms with Crippen LogP contribution < -0.4 is 10.6 Å². The minimum Gasteiger partial charge on any atom is -0.323 e. The van der Waals surface area contributed by atoms with Crippen molar-refractivity contribution in [3.63, 3.8) is 0 Å². The van der Waals surface area contributed by atoms with Crippen LogP contribution in [0.2, 0.25) is 0 Å². The van der Waals surface area contributed by atoms with Crippen molar-refractivity contribution >= 4 is 27.5 Å². The number of hydrogen-bond acceptors (Lipinski definition) is 2. The Morgan fingerprint density at radius 3 is 2.44 bits per heavy atom. The van der Waals surface area contributed by atoms with Gasteiger partial charge in [-0.15, -0.1) is 0 Å². The standard InChI is InChI=1S/C14H21BrN2O/c1-6-16-14(4,5)13(18)17-12-10(3)7-9(2)8-11(12)15/h7-8,16H,6H2,1-5H3,(H,17,18). The quantitative estimate of drug-likeness (QED) is 0.894. The van der Waals surface area contributed by atoms with Crippen molar-refractivity contribution in [3.8, 4) is 0 Å². The van der Waals surface area contributed by atoms with E-state index in [0.29, 0.717) is 0 Å². The number of halogens is 1. The molecule has 100 valence electrons. The minimum absolute atomic E-state index is 0.0306. The van der Waals surface area contributed by atoms with Crippen molar-refractivity contribution in [2.75, 3.05) is 11.9 Å². The van der Waals surface area contributed by atoms with Crippen LogP contribution >= 0.6 is 15.9 Å². The van der Waals surface area contributed by atoms with E-state index in [4.69, 9.17) is 0 Å². The predicted molar refractivity (Wildman–Crippen MR) is 80.0 cm³/mol. The van der Waals surface area contributed by atoms with E-state index in [1.54, 1.807) is 0 Å². The van der Waals surface area contributed by atoms with Crippen LogP contribution in [0.15, 0.2) is 16.6 Å². The lowest BCUT2D eigenvalue weighted by Crippen LogP contribution is -2.49. The van der Waals surface area contributed by atoms with Gasteiger partial charge in [-0.05, 0) is 67.4 Å². The van der Waals surface area contributed by atoms with E-state index >= 15 is 0 Å². The van der Waals surface area contributed by atoms with Gasteiger partial charge in [-0.3, -0.25) is 4.79 Å². The zero-order chi connectivity index (χ0) is 13.9. The molecule has 1 aromatic carbocycles. The normalized spacial score (nSPS) is 11.4. The molecule has 0 atom stereocenters. The highest BCUT2D eigenvalue weighted by Crippen LogP contribution is 2.28. The van der Waals surface area contributed by atoms with E-state index in [-0.39, 0.29) is 5.91 Å². The number of aryl methyl sites for hydroxylation is 2. The summed E-state index contributed by atoms with van der Waals surface area (Å²) in [5.41, 5.74) is 2.49. The number of benzene rings is 1. The second-order valence-corrected chi connectivity index (χ2v) is 5.90. The number of carbonyl (C=O) groups excluding carboxylic acids is 1. The van der Waals surface area contributed by atoms with Gasteiger partial charge in [0.15, 0.2) is 0 Å². The summed E-state index contributed by atoms with van der Waals surface area (Å²) in [7, 11) is 0. The van der Waals surface area contributed by atoms with Crippen molar-refractivity contribution in [1.82, 2.24) is 5.32 Å². The first kappa shape index (κ1) is 15.2. The fourth-order valence-electron chi connectivity index (χ4n) is 1.87. The van der Waals surface area contributed by atoms with Crippen LogP contribution in [-0.2, 0) is 4.79 Å². The summed E-state index contributed by atoms with van der Waals surface area (Å²) in [6.45, 7) is 10.5. The van der Waals surface area contributed by atoms with Crippen LogP contribution in [0.3, 0.4) is 0 Å². The lowest BCUT2D eigenvalue weighted by atomic mass is 10.0. The number of rotatable bonds is 4. The van der Waals surface area contributed by atoms with E-state index in [1.165, 1.54) is 5.56 Å². The van der Waals surface area contributed by atoms with Crippen LogP contribution in [0.5, 0.6) is 0 Å². The van der Waals surface area contributed by atoms with E-state index in [2.05, 4.69) is 32.6 Å². The van der Waals surface area contributed by atoms with Gasteiger partial charge in [-0.2, -0.15) is 0 Å². The van der Waals surface area contributed by atoms with E-state index in [0.717, 1.165) is 22.3 Å². The van der Waals surface area contributed by atoms with Gasteiger partial charge in [-0.25, -0.2) is 0 Å². The van der Waals surface area contributed by atoms with Crippen LogP contribution in [0, 0.1) is 13.8 Å². The Kier molecular flexibility index (Phi) is 4.93. The molecule has 0 saturated heterocycles. The van der Waals surface area contributed by atoms with Crippen LogP contribution in [0.1, 0.15) is 31.9 Å². The van der Waals surface area contributed by atoms with Gasteiger partial charge < -0.3 is 10.6 Å². The molecule has 0 aliphatic heterocycles. The van der Waals surface area contributed by atoms with Crippen LogP contribution in [0.4, 0.5) is 5.69 Å². The molecule has 1 rings (SSSR count). The fourth-order valence-corrected chi connectivity index (χ4v) is 2.64. The second kappa shape index (κ2) is 5.85. The fraction of sp³-hybridized carbons (Fsp3) is 0.500. The van der Waals surface area contributed by atoms with Crippen LogP contribution in [0.25, 0.3) is 0 Å². The average molecular weight is 313 g/mol. The summed E-state index contributed by atoms with van der Waals surface area (Å²) in [6.07, 6.45) is 0. The first-order valence-corrected chi connectivity index (χ1v) is 6.90. The first-order chi connectivity index (χ1) is 8.27. The number of carbonyl (C=O) groups is 1. The Balaban J connectivity index is 2.95. The molecule has 1 aromatic rings. The Morgan fingerprint density at radius 2 is 1.94 bits per heavy atom. The smallest absolute Gasteiger partial charge is 0.244 e. The molecule has 0 aliphatic rings. The maximum absolute atomic E-state index is 12.2. The molecule has 1 amide bonds. The van der Waals surface area contributed by atoms with Gasteiger partial charge in [0, 0.05) is 4.47 Å². The largest absolute Gasteiger partial charge is 0.323 e. The van der Waals surface area contributed by atoms with Crippen LogP contribution in [-0.4, -0.2) is 18.0 Å². The molecule has 0 heterocycles. The summed E-state index contributed by atoms with van der Waals surface area (Å²) >= 11 is 3.50. The SMILES string of the molecule is CCNC(C)(C)C(=O)Nc1c(C)cc(C)cc1Br. The molecule has 2 N–H and O–H groups in total. The lowest BCUT2D eigenvalue weighted by molar-refractivity contribution is -0.121. The summed E-state index contributed by atoms with van der Waals surface area (Å²) in [5.74, 6) is -0.0306. The molecule has 0 aromatic heterocycles. The molecule has 0 saturated carbocycles. The summed E-state index contributed by atoms with van der Waals surface area (Å²) in [6, 6.07) is 4.06. The maximum Gasteiger partial charge on any atom is 0.244 e. The average Bonchev–Trinajstić information content (AvgIpc) is 2.22. The van der Waals surface area contributed by atoms with E-state index in [9.17, 15) is 4.79 Å².